The van der Waals surface area contributed by atoms with Crippen molar-refractivity contribution in [2.24, 2.45) is 4.99 Å². The lowest BCUT2D eigenvalue weighted by Crippen LogP contribution is -2.29. The van der Waals surface area contributed by atoms with Crippen molar-refractivity contribution < 1.29 is 22.7 Å². The van der Waals surface area contributed by atoms with Crippen LogP contribution in [-0.4, -0.2) is 38.8 Å². The van der Waals surface area contributed by atoms with Crippen LogP contribution in [0.5, 0.6) is 0 Å². The third-order valence-electron chi connectivity index (χ3n) is 4.97. The van der Waals surface area contributed by atoms with Gasteiger partial charge in [-0.1, -0.05) is 36.2 Å². The summed E-state index contributed by atoms with van der Waals surface area (Å²) in [5.74, 6) is -0.453. The number of sulfonamides is 1. The topological polar surface area (TPSA) is 114 Å². The Balaban J connectivity index is 1.35. The quantitative estimate of drug-likeness (QED) is 0.443. The average molecular weight is 458 g/mol. The highest BCUT2D eigenvalue weighted by Crippen LogP contribution is 2.22. The van der Waals surface area contributed by atoms with E-state index in [0.29, 0.717) is 36.5 Å². The number of nitrogens with zero attached hydrogens (tertiary/aromatic N) is 1. The molecule has 0 aromatic heterocycles. The number of aryl methyl sites for hydroxylation is 1. The fraction of sp³-hybridized carbons (Fsp3) is 0.348. The number of amides is 1. The Morgan fingerprint density at radius 1 is 1.06 bits per heavy atom. The Hall–Kier alpha value is -3.20. The molecule has 8 nitrogen and oxygen atoms in total. The Labute approximate surface area is 188 Å². The van der Waals surface area contributed by atoms with Crippen molar-refractivity contribution in [3.63, 3.8) is 0 Å². The second-order valence-electron chi connectivity index (χ2n) is 7.63. The molecule has 2 aromatic rings. The maximum atomic E-state index is 12.2. The first-order valence-electron chi connectivity index (χ1n) is 10.5. The number of benzene rings is 2. The molecule has 0 radical (unpaired) electrons. The van der Waals surface area contributed by atoms with Crippen molar-refractivity contribution >= 4 is 33.4 Å². The number of unbranched alkanes of at least 4 members (excludes halogenated alkanes) is 2. The molecule has 1 amide bonds. The maximum absolute atomic E-state index is 12.2. The molecule has 9 heteroatoms. The van der Waals surface area contributed by atoms with Gasteiger partial charge in [-0.25, -0.2) is 8.42 Å². The van der Waals surface area contributed by atoms with Crippen LogP contribution in [0, 0.1) is 6.92 Å². The van der Waals surface area contributed by atoms with Gasteiger partial charge in [0, 0.05) is 24.2 Å². The highest BCUT2D eigenvalue weighted by molar-refractivity contribution is 7.90. The summed E-state index contributed by atoms with van der Waals surface area (Å²) < 4.78 is 31.8. The predicted octanol–water partition coefficient (Wildman–Crippen LogP) is 3.16. The predicted molar refractivity (Wildman–Crippen MR) is 122 cm³/mol. The van der Waals surface area contributed by atoms with E-state index in [2.05, 4.69) is 15.0 Å². The maximum Gasteiger partial charge on any atom is 0.306 e. The number of aliphatic imine (C=N–C) groups is 1. The monoisotopic (exact) mass is 457 g/mol. The molecule has 3 rings (SSSR count). The van der Waals surface area contributed by atoms with Crippen molar-refractivity contribution in [2.75, 3.05) is 11.9 Å². The minimum absolute atomic E-state index is 0.203. The van der Waals surface area contributed by atoms with Crippen LogP contribution < -0.4 is 10.0 Å². The number of carbonyl (C=O) groups is 2. The molecule has 0 fully saturated rings. The van der Waals surface area contributed by atoms with E-state index in [-0.39, 0.29) is 17.2 Å². The molecule has 0 saturated heterocycles. The lowest BCUT2D eigenvalue weighted by Gasteiger charge is -2.13. The van der Waals surface area contributed by atoms with Crippen LogP contribution in [0.3, 0.4) is 0 Å². The van der Waals surface area contributed by atoms with Gasteiger partial charge in [-0.05, 0) is 51.0 Å². The number of hydrogen-bond acceptors (Lipinski definition) is 6. The summed E-state index contributed by atoms with van der Waals surface area (Å²) in [6, 6.07) is 14.1. The fourth-order valence-electron chi connectivity index (χ4n) is 3.19. The van der Waals surface area contributed by atoms with Crippen molar-refractivity contribution in [3.8, 4) is 0 Å². The third-order valence-corrected chi connectivity index (χ3v) is 6.37. The van der Waals surface area contributed by atoms with Gasteiger partial charge in [0.25, 0.3) is 15.9 Å². The summed E-state index contributed by atoms with van der Waals surface area (Å²) in [6.45, 7) is 3.94. The largest absolute Gasteiger partial charge is 0.453 e. The lowest BCUT2D eigenvalue weighted by atomic mass is 10.2. The zero-order chi connectivity index (χ0) is 23.1. The first kappa shape index (κ1) is 23.5. The minimum Gasteiger partial charge on any atom is -0.453 e. The minimum atomic E-state index is -3.53. The highest BCUT2D eigenvalue weighted by atomic mass is 32.2. The van der Waals surface area contributed by atoms with Gasteiger partial charge in [0.05, 0.1) is 4.90 Å². The van der Waals surface area contributed by atoms with Gasteiger partial charge in [0.15, 0.2) is 6.10 Å². The number of amidine groups is 1. The van der Waals surface area contributed by atoms with Gasteiger partial charge in [-0.15, -0.1) is 0 Å². The molecule has 170 valence electrons. The summed E-state index contributed by atoms with van der Waals surface area (Å²) in [7, 11) is -3.53. The van der Waals surface area contributed by atoms with E-state index < -0.39 is 22.1 Å². The SMILES string of the molecule is Cc1ccc(NC(=O)C(C)OC(=O)CCCCCN=C2NS(=O)(=O)c3ccccc32)cc1. The normalized spacial score (nSPS) is 16.1. The summed E-state index contributed by atoms with van der Waals surface area (Å²) in [4.78, 5) is 28.7. The fourth-order valence-corrected chi connectivity index (χ4v) is 4.44. The first-order chi connectivity index (χ1) is 15.3. The molecule has 0 spiro atoms. The van der Waals surface area contributed by atoms with Gasteiger partial charge in [0.2, 0.25) is 0 Å². The van der Waals surface area contributed by atoms with Gasteiger partial charge >= 0.3 is 5.97 Å². The lowest BCUT2D eigenvalue weighted by molar-refractivity contribution is -0.153. The Bertz CT molecular complexity index is 1110. The second-order valence-corrected chi connectivity index (χ2v) is 9.28. The summed E-state index contributed by atoms with van der Waals surface area (Å²) in [5, 5.41) is 2.72. The van der Waals surface area contributed by atoms with E-state index in [0.717, 1.165) is 12.0 Å². The number of nitrogens with one attached hydrogen (secondary N) is 2. The molecule has 0 saturated carbocycles. The Morgan fingerprint density at radius 3 is 2.53 bits per heavy atom. The molecule has 1 aliphatic rings. The van der Waals surface area contributed by atoms with Crippen LogP contribution in [0.25, 0.3) is 0 Å². The molecule has 1 unspecified atom stereocenters. The van der Waals surface area contributed by atoms with Crippen LogP contribution in [0.1, 0.15) is 43.7 Å². The van der Waals surface area contributed by atoms with Gasteiger partial charge in [-0.2, -0.15) is 0 Å². The zero-order valence-corrected chi connectivity index (χ0v) is 18.9. The first-order valence-corrected chi connectivity index (χ1v) is 12.0. The molecule has 1 aliphatic heterocycles. The van der Waals surface area contributed by atoms with E-state index in [1.807, 2.05) is 19.1 Å². The molecular formula is C23H27N3O5S. The Kier molecular flexibility index (Phi) is 7.63. The molecule has 0 aliphatic carbocycles. The van der Waals surface area contributed by atoms with E-state index >= 15 is 0 Å². The number of fused-ring (bicyclic) bond motifs is 1. The number of rotatable bonds is 9. The van der Waals surface area contributed by atoms with Gasteiger partial charge in [0.1, 0.15) is 5.84 Å². The van der Waals surface area contributed by atoms with E-state index in [9.17, 15) is 18.0 Å². The smallest absolute Gasteiger partial charge is 0.306 e. The van der Waals surface area contributed by atoms with Crippen LogP contribution in [0.4, 0.5) is 5.69 Å². The number of carbonyl (C=O) groups excluding carboxylic acids is 2. The molecule has 0 bridgehead atoms. The molecule has 32 heavy (non-hydrogen) atoms. The van der Waals surface area contributed by atoms with Gasteiger partial charge < -0.3 is 10.1 Å². The molecular weight excluding hydrogens is 430 g/mol. The Morgan fingerprint density at radius 2 is 1.78 bits per heavy atom. The van der Waals surface area contributed by atoms with Gasteiger partial charge in [-0.3, -0.25) is 19.3 Å². The van der Waals surface area contributed by atoms with Crippen molar-refractivity contribution in [3.05, 3.63) is 59.7 Å². The second kappa shape index (κ2) is 10.4. The average Bonchev–Trinajstić information content (AvgIpc) is 3.02. The molecule has 2 N–H and O–H groups in total. The molecule has 2 aromatic carbocycles. The van der Waals surface area contributed by atoms with Crippen LogP contribution in [0.15, 0.2) is 58.4 Å². The van der Waals surface area contributed by atoms with Crippen molar-refractivity contribution in [2.45, 2.75) is 50.5 Å². The zero-order valence-electron chi connectivity index (χ0n) is 18.1. The van der Waals surface area contributed by atoms with E-state index in [4.69, 9.17) is 4.74 Å². The number of ether oxygens (including phenoxy) is 1. The number of esters is 1. The van der Waals surface area contributed by atoms with Crippen LogP contribution >= 0.6 is 0 Å². The van der Waals surface area contributed by atoms with E-state index in [1.54, 1.807) is 36.4 Å². The van der Waals surface area contributed by atoms with Crippen LogP contribution in [-0.2, 0) is 24.3 Å². The van der Waals surface area contributed by atoms with Crippen molar-refractivity contribution in [1.82, 2.24) is 4.72 Å². The molecule has 1 atom stereocenters. The molecule has 1 heterocycles. The highest BCUT2D eigenvalue weighted by Gasteiger charge is 2.29. The summed E-state index contributed by atoms with van der Waals surface area (Å²) in [5.41, 5.74) is 2.31. The van der Waals surface area contributed by atoms with Crippen molar-refractivity contribution in [1.29, 1.82) is 0 Å². The van der Waals surface area contributed by atoms with Crippen LogP contribution in [0.2, 0.25) is 0 Å². The summed E-state index contributed by atoms with van der Waals surface area (Å²) >= 11 is 0. The summed E-state index contributed by atoms with van der Waals surface area (Å²) in [6.07, 6.45) is 1.34. The standard InChI is InChI=1S/C23H27N3O5S/c1-16-11-13-18(14-12-16)25-23(28)17(2)31-21(27)10-4-3-7-15-24-22-19-8-5-6-9-20(19)32(29,30)26-22/h5-6,8-9,11-14,17H,3-4,7,10,15H2,1-2H3,(H,24,26)(H,25,28). The third kappa shape index (κ3) is 6.16. The number of anilines is 1. The number of hydrogen-bond donors (Lipinski definition) is 2. The van der Waals surface area contributed by atoms with E-state index in [1.165, 1.54) is 6.92 Å².